The van der Waals surface area contributed by atoms with Gasteiger partial charge in [0.1, 0.15) is 5.82 Å². The van der Waals surface area contributed by atoms with E-state index >= 15 is 0 Å². The first kappa shape index (κ1) is 21.6. The minimum absolute atomic E-state index is 0.217. The molecule has 0 radical (unpaired) electrons. The van der Waals surface area contributed by atoms with Gasteiger partial charge < -0.3 is 10.7 Å². The molecule has 5 nitrogen and oxygen atoms in total. The lowest BCUT2D eigenvalue weighted by molar-refractivity contribution is 0.0898. The number of halogens is 2. The van der Waals surface area contributed by atoms with Crippen molar-refractivity contribution in [1.82, 2.24) is 9.99 Å². The van der Waals surface area contributed by atoms with Crippen molar-refractivity contribution in [2.24, 2.45) is 5.92 Å². The third-order valence-electron chi connectivity index (χ3n) is 5.65. The van der Waals surface area contributed by atoms with E-state index in [9.17, 15) is 14.0 Å². The highest BCUT2D eigenvalue weighted by Crippen LogP contribution is 2.38. The summed E-state index contributed by atoms with van der Waals surface area (Å²) in [6.45, 7) is 6.15. The summed E-state index contributed by atoms with van der Waals surface area (Å²) in [6, 6.07) is 6.16. The number of carbonyl (C=O) groups is 1. The second-order valence-corrected chi connectivity index (χ2v) is 8.44. The number of hydrogen-bond acceptors (Lipinski definition) is 3. The first-order valence-electron chi connectivity index (χ1n) is 10.1. The van der Waals surface area contributed by atoms with Crippen molar-refractivity contribution in [3.05, 3.63) is 67.3 Å². The second-order valence-electron chi connectivity index (χ2n) is 7.65. The lowest BCUT2D eigenvalue weighted by Crippen LogP contribution is -2.39. The number of amides is 1. The molecule has 1 atom stereocenters. The van der Waals surface area contributed by atoms with Gasteiger partial charge in [0.2, 0.25) is 0 Å². The van der Waals surface area contributed by atoms with Crippen molar-refractivity contribution in [2.75, 3.05) is 12.0 Å². The maximum Gasteiger partial charge on any atom is 0.283 e. The summed E-state index contributed by atoms with van der Waals surface area (Å²) in [7, 11) is 0. The van der Waals surface area contributed by atoms with E-state index in [0.29, 0.717) is 27.8 Å². The molecule has 156 valence electrons. The van der Waals surface area contributed by atoms with Crippen molar-refractivity contribution >= 4 is 21.8 Å². The second kappa shape index (κ2) is 9.11. The Morgan fingerprint density at radius 2 is 2.07 bits per heavy atom. The first-order chi connectivity index (χ1) is 13.8. The van der Waals surface area contributed by atoms with Crippen molar-refractivity contribution in [2.45, 2.75) is 52.5 Å². The molecule has 1 aromatic heterocycles. The molecular formula is C22H27BrFN3O2. The van der Waals surface area contributed by atoms with Crippen LogP contribution < -0.4 is 16.3 Å². The Balaban J connectivity index is 1.98. The van der Waals surface area contributed by atoms with Gasteiger partial charge in [-0.05, 0) is 78.2 Å². The van der Waals surface area contributed by atoms with Gasteiger partial charge in [-0.25, -0.2) is 9.07 Å². The van der Waals surface area contributed by atoms with Gasteiger partial charge in [0.25, 0.3) is 11.5 Å². The highest BCUT2D eigenvalue weighted by Gasteiger charge is 2.31. The molecule has 0 spiro atoms. The Bertz CT molecular complexity index is 969. The van der Waals surface area contributed by atoms with E-state index < -0.39 is 0 Å². The summed E-state index contributed by atoms with van der Waals surface area (Å²) in [4.78, 5) is 25.9. The maximum absolute atomic E-state index is 13.8. The summed E-state index contributed by atoms with van der Waals surface area (Å²) in [6.07, 6.45) is 3.96. The Labute approximate surface area is 178 Å². The van der Waals surface area contributed by atoms with Crippen LogP contribution in [0.3, 0.4) is 0 Å². The van der Waals surface area contributed by atoms with Crippen LogP contribution in [0.2, 0.25) is 0 Å². The molecule has 0 aliphatic heterocycles. The van der Waals surface area contributed by atoms with Crippen LogP contribution >= 0.6 is 15.9 Å². The van der Waals surface area contributed by atoms with Gasteiger partial charge in [0.15, 0.2) is 0 Å². The zero-order valence-corrected chi connectivity index (χ0v) is 18.6. The number of hydrogen-bond donors (Lipinski definition) is 2. The van der Waals surface area contributed by atoms with Gasteiger partial charge in [-0.1, -0.05) is 25.5 Å². The predicted octanol–water partition coefficient (Wildman–Crippen LogP) is 4.59. The fourth-order valence-corrected chi connectivity index (χ4v) is 4.19. The van der Waals surface area contributed by atoms with Gasteiger partial charge in [-0.2, -0.15) is 0 Å². The minimum atomic E-state index is -0.312. The molecular weight excluding hydrogens is 437 g/mol. The minimum Gasteiger partial charge on any atom is -0.345 e. The van der Waals surface area contributed by atoms with Crippen LogP contribution in [-0.4, -0.2) is 17.1 Å². The maximum atomic E-state index is 13.8. The number of aromatic nitrogens is 1. The molecule has 1 fully saturated rings. The SMILES string of the molecule is CCCNn1c(C)c(C(=O)N[C@H](c2cccc(F)c2)C2CCC2)c(C)c(Br)c1=O. The fourth-order valence-electron chi connectivity index (χ4n) is 3.81. The normalized spacial score (nSPS) is 14.9. The largest absolute Gasteiger partial charge is 0.345 e. The van der Waals surface area contributed by atoms with Crippen LogP contribution in [0, 0.1) is 25.6 Å². The number of pyridine rings is 1. The highest BCUT2D eigenvalue weighted by atomic mass is 79.9. The molecule has 0 saturated heterocycles. The van der Waals surface area contributed by atoms with Crippen LogP contribution in [0.5, 0.6) is 0 Å². The molecule has 0 unspecified atom stereocenters. The predicted molar refractivity (Wildman–Crippen MR) is 116 cm³/mol. The van der Waals surface area contributed by atoms with Gasteiger partial charge >= 0.3 is 0 Å². The standard InChI is InChI=1S/C22H27BrFN3O2/c1-4-11-25-27-14(3)18(13(2)19(23)22(27)29)21(28)26-20(15-7-5-8-15)16-9-6-10-17(24)12-16/h6,9-10,12,15,20,25H,4-5,7-8,11H2,1-3H3,(H,26,28)/t20-/m0/s1. The van der Waals surface area contributed by atoms with Crippen molar-refractivity contribution in [3.8, 4) is 0 Å². The van der Waals surface area contributed by atoms with Gasteiger partial charge in [0.05, 0.1) is 21.8 Å². The van der Waals surface area contributed by atoms with E-state index in [1.807, 2.05) is 13.0 Å². The molecule has 0 bridgehead atoms. The Hall–Kier alpha value is -2.15. The zero-order chi connectivity index (χ0) is 21.1. The van der Waals surface area contributed by atoms with E-state index in [1.54, 1.807) is 19.9 Å². The number of nitrogens with one attached hydrogen (secondary N) is 2. The average molecular weight is 464 g/mol. The van der Waals surface area contributed by atoms with Crippen molar-refractivity contribution in [1.29, 1.82) is 0 Å². The molecule has 1 saturated carbocycles. The molecule has 1 amide bonds. The van der Waals surface area contributed by atoms with E-state index in [4.69, 9.17) is 0 Å². The van der Waals surface area contributed by atoms with E-state index in [-0.39, 0.29) is 29.2 Å². The van der Waals surface area contributed by atoms with E-state index in [1.165, 1.54) is 16.8 Å². The Morgan fingerprint density at radius 1 is 1.34 bits per heavy atom. The molecule has 7 heteroatoms. The number of nitrogens with zero attached hydrogens (tertiary/aromatic N) is 1. The summed E-state index contributed by atoms with van der Waals surface area (Å²) in [5.41, 5.74) is 5.26. The lowest BCUT2D eigenvalue weighted by Gasteiger charge is -2.35. The van der Waals surface area contributed by atoms with Crippen molar-refractivity contribution < 1.29 is 9.18 Å². The molecule has 3 rings (SSSR count). The fraction of sp³-hybridized carbons (Fsp3) is 0.455. The van der Waals surface area contributed by atoms with Crippen LogP contribution in [-0.2, 0) is 0 Å². The summed E-state index contributed by atoms with van der Waals surface area (Å²) in [5, 5.41) is 3.12. The first-order valence-corrected chi connectivity index (χ1v) is 10.9. The third kappa shape index (κ3) is 4.39. The Morgan fingerprint density at radius 3 is 2.66 bits per heavy atom. The van der Waals surface area contributed by atoms with E-state index in [2.05, 4.69) is 26.7 Å². The summed E-state index contributed by atoms with van der Waals surface area (Å²) in [5.74, 6) is -0.281. The lowest BCUT2D eigenvalue weighted by atomic mass is 9.77. The molecule has 1 aliphatic carbocycles. The van der Waals surface area contributed by atoms with Crippen LogP contribution in [0.25, 0.3) is 0 Å². The van der Waals surface area contributed by atoms with Crippen molar-refractivity contribution in [3.63, 3.8) is 0 Å². The molecule has 1 heterocycles. The van der Waals surface area contributed by atoms with Gasteiger partial charge in [-0.3, -0.25) is 9.59 Å². The molecule has 1 aromatic carbocycles. The Kier molecular flexibility index (Phi) is 6.77. The molecule has 2 aromatic rings. The summed E-state index contributed by atoms with van der Waals surface area (Å²) < 4.78 is 15.6. The monoisotopic (exact) mass is 463 g/mol. The third-order valence-corrected chi connectivity index (χ3v) is 6.59. The molecule has 29 heavy (non-hydrogen) atoms. The number of rotatable bonds is 7. The van der Waals surface area contributed by atoms with Gasteiger partial charge in [0, 0.05) is 6.54 Å². The zero-order valence-electron chi connectivity index (χ0n) is 17.0. The molecule has 1 aliphatic rings. The molecule has 2 N–H and O–H groups in total. The van der Waals surface area contributed by atoms with Crippen LogP contribution in [0.4, 0.5) is 4.39 Å². The quantitative estimate of drug-likeness (QED) is 0.630. The van der Waals surface area contributed by atoms with Crippen LogP contribution in [0.15, 0.2) is 33.5 Å². The average Bonchev–Trinajstić information content (AvgIpc) is 2.64. The number of carbonyl (C=O) groups excluding carboxylic acids is 1. The van der Waals surface area contributed by atoms with E-state index in [0.717, 1.165) is 31.2 Å². The smallest absolute Gasteiger partial charge is 0.283 e. The summed E-state index contributed by atoms with van der Waals surface area (Å²) >= 11 is 3.35. The number of benzene rings is 1. The van der Waals surface area contributed by atoms with Crippen LogP contribution in [0.1, 0.15) is 65.8 Å². The highest BCUT2D eigenvalue weighted by molar-refractivity contribution is 9.10. The van der Waals surface area contributed by atoms with Gasteiger partial charge in [-0.15, -0.1) is 0 Å². The topological polar surface area (TPSA) is 63.1 Å².